The van der Waals surface area contributed by atoms with Gasteiger partial charge in [0.25, 0.3) is 0 Å². The van der Waals surface area contributed by atoms with Crippen LogP contribution < -0.4 is 9.80 Å². The number of hydrogen-bond donors (Lipinski definition) is 0. The quantitative estimate of drug-likeness (QED) is 0.820. The fourth-order valence-corrected chi connectivity index (χ4v) is 3.93. The number of nitrogens with zero attached hydrogens (tertiary/aromatic N) is 3. The van der Waals surface area contributed by atoms with E-state index >= 15 is 0 Å². The van der Waals surface area contributed by atoms with Crippen LogP contribution in [0.25, 0.3) is 0 Å². The number of benzene rings is 1. The largest absolute Gasteiger partial charge is 0.364 e. The Balaban J connectivity index is 1.89. The first-order valence-corrected chi connectivity index (χ1v) is 9.31. The zero-order valence-electron chi connectivity index (χ0n) is 14.9. The molecule has 24 heavy (non-hydrogen) atoms. The van der Waals surface area contributed by atoms with Gasteiger partial charge in [-0.3, -0.25) is 4.79 Å². The topological polar surface area (TPSA) is 36.4 Å². The first kappa shape index (κ1) is 17.0. The molecule has 1 aromatic heterocycles. The van der Waals surface area contributed by atoms with E-state index in [0.29, 0.717) is 0 Å². The average Bonchev–Trinajstić information content (AvgIpc) is 2.91. The zero-order valence-corrected chi connectivity index (χ0v) is 15.7. The Hall–Kier alpha value is -1.88. The van der Waals surface area contributed by atoms with Crippen molar-refractivity contribution in [1.29, 1.82) is 0 Å². The SMILES string of the molecule is CC(=O)N1CCCN(Cc2csc(C(C)(C)C)n2)c2ccccc21. The Labute approximate surface area is 148 Å². The summed E-state index contributed by atoms with van der Waals surface area (Å²) in [4.78, 5) is 21.1. The molecular weight excluding hydrogens is 318 g/mol. The Morgan fingerprint density at radius 1 is 1.21 bits per heavy atom. The third kappa shape index (κ3) is 3.46. The van der Waals surface area contributed by atoms with Gasteiger partial charge in [0.05, 0.1) is 28.6 Å². The molecule has 0 radical (unpaired) electrons. The maximum absolute atomic E-state index is 12.0. The molecule has 2 heterocycles. The second-order valence-electron chi connectivity index (χ2n) is 7.33. The van der Waals surface area contributed by atoms with E-state index in [1.165, 1.54) is 5.01 Å². The highest BCUT2D eigenvalue weighted by molar-refractivity contribution is 7.09. The molecule has 2 aromatic rings. The molecule has 0 saturated carbocycles. The maximum atomic E-state index is 12.0. The number of fused-ring (bicyclic) bond motifs is 1. The molecule has 0 fully saturated rings. The van der Waals surface area contributed by atoms with Crippen molar-refractivity contribution in [2.45, 2.75) is 46.1 Å². The first-order valence-electron chi connectivity index (χ1n) is 8.43. The minimum absolute atomic E-state index is 0.0883. The number of rotatable bonds is 2. The first-order chi connectivity index (χ1) is 11.4. The second kappa shape index (κ2) is 6.55. The highest BCUT2D eigenvalue weighted by Gasteiger charge is 2.24. The molecule has 0 N–H and O–H groups in total. The average molecular weight is 343 g/mol. The maximum Gasteiger partial charge on any atom is 0.223 e. The van der Waals surface area contributed by atoms with Crippen LogP contribution in [0.2, 0.25) is 0 Å². The third-order valence-electron chi connectivity index (χ3n) is 4.25. The summed E-state index contributed by atoms with van der Waals surface area (Å²) in [6, 6.07) is 8.18. The highest BCUT2D eigenvalue weighted by Crippen LogP contribution is 2.34. The summed E-state index contributed by atoms with van der Waals surface area (Å²) in [5.41, 5.74) is 3.32. The van der Waals surface area contributed by atoms with Crippen LogP contribution in [0.1, 0.15) is 44.8 Å². The predicted molar refractivity (Wildman–Crippen MR) is 101 cm³/mol. The molecule has 128 valence electrons. The van der Waals surface area contributed by atoms with Crippen LogP contribution >= 0.6 is 11.3 Å². The van der Waals surface area contributed by atoms with Gasteiger partial charge in [-0.05, 0) is 18.6 Å². The fourth-order valence-electron chi connectivity index (χ4n) is 3.03. The van der Waals surface area contributed by atoms with E-state index < -0.39 is 0 Å². The molecular formula is C19H25N3OS. The summed E-state index contributed by atoms with van der Waals surface area (Å²) in [5.74, 6) is 0.105. The summed E-state index contributed by atoms with van der Waals surface area (Å²) >= 11 is 1.73. The van der Waals surface area contributed by atoms with Gasteiger partial charge in [-0.1, -0.05) is 32.9 Å². The van der Waals surface area contributed by atoms with Crippen molar-refractivity contribution in [3.63, 3.8) is 0 Å². The number of carbonyl (C=O) groups is 1. The number of aromatic nitrogens is 1. The molecule has 5 heteroatoms. The number of thiazole rings is 1. The summed E-state index contributed by atoms with van der Waals surface area (Å²) in [7, 11) is 0. The molecule has 0 unspecified atom stereocenters. The van der Waals surface area contributed by atoms with E-state index in [2.05, 4.69) is 37.1 Å². The standard InChI is InChI=1S/C19H25N3OS/c1-14(23)22-11-7-10-21(16-8-5-6-9-17(16)22)12-15-13-24-18(20-15)19(2,3)4/h5-6,8-9,13H,7,10-12H2,1-4H3. The van der Waals surface area contributed by atoms with Gasteiger partial charge in [0, 0.05) is 30.8 Å². The molecule has 0 spiro atoms. The third-order valence-corrected chi connectivity index (χ3v) is 5.57. The Morgan fingerprint density at radius 3 is 2.54 bits per heavy atom. The van der Waals surface area contributed by atoms with Gasteiger partial charge in [-0.2, -0.15) is 0 Å². The lowest BCUT2D eigenvalue weighted by molar-refractivity contribution is -0.116. The van der Waals surface area contributed by atoms with Crippen LogP contribution in [0.5, 0.6) is 0 Å². The second-order valence-corrected chi connectivity index (χ2v) is 8.19. The van der Waals surface area contributed by atoms with Gasteiger partial charge < -0.3 is 9.80 Å². The van der Waals surface area contributed by atoms with Crippen LogP contribution in [0.15, 0.2) is 29.6 Å². The molecule has 0 atom stereocenters. The summed E-state index contributed by atoms with van der Waals surface area (Å²) in [6.07, 6.45) is 0.963. The minimum atomic E-state index is 0.0883. The van der Waals surface area contributed by atoms with Crippen molar-refractivity contribution in [1.82, 2.24) is 4.98 Å². The zero-order chi connectivity index (χ0) is 17.3. The number of anilines is 2. The van der Waals surface area contributed by atoms with Crippen molar-refractivity contribution in [2.75, 3.05) is 22.9 Å². The Morgan fingerprint density at radius 2 is 1.92 bits per heavy atom. The van der Waals surface area contributed by atoms with Crippen molar-refractivity contribution in [2.24, 2.45) is 0 Å². The van der Waals surface area contributed by atoms with Gasteiger partial charge in [0.2, 0.25) is 5.91 Å². The Bertz CT molecular complexity index is 732. The summed E-state index contributed by atoms with van der Waals surface area (Å²) in [5, 5.41) is 3.34. The van der Waals surface area contributed by atoms with Gasteiger partial charge in [0.15, 0.2) is 0 Å². The normalized spacial score (nSPS) is 15.2. The van der Waals surface area contributed by atoms with E-state index in [1.54, 1.807) is 18.3 Å². The van der Waals surface area contributed by atoms with Gasteiger partial charge in [0.1, 0.15) is 0 Å². The molecule has 1 amide bonds. The van der Waals surface area contributed by atoms with Crippen molar-refractivity contribution in [3.8, 4) is 0 Å². The van der Waals surface area contributed by atoms with E-state index in [-0.39, 0.29) is 11.3 Å². The van der Waals surface area contributed by atoms with Crippen LogP contribution in [0.3, 0.4) is 0 Å². The van der Waals surface area contributed by atoms with Gasteiger partial charge in [-0.25, -0.2) is 4.98 Å². The van der Waals surface area contributed by atoms with E-state index in [0.717, 1.165) is 43.1 Å². The van der Waals surface area contributed by atoms with Crippen molar-refractivity contribution < 1.29 is 4.79 Å². The van der Waals surface area contributed by atoms with Gasteiger partial charge >= 0.3 is 0 Å². The van der Waals surface area contributed by atoms with Crippen LogP contribution in [-0.2, 0) is 16.8 Å². The minimum Gasteiger partial charge on any atom is -0.364 e. The monoisotopic (exact) mass is 343 g/mol. The predicted octanol–water partition coefficient (Wildman–Crippen LogP) is 4.20. The smallest absolute Gasteiger partial charge is 0.223 e. The van der Waals surface area contributed by atoms with Gasteiger partial charge in [-0.15, -0.1) is 11.3 Å². The molecule has 3 rings (SSSR count). The lowest BCUT2D eigenvalue weighted by atomic mass is 9.98. The van der Waals surface area contributed by atoms with Crippen LogP contribution in [0.4, 0.5) is 11.4 Å². The number of amides is 1. The summed E-state index contributed by atoms with van der Waals surface area (Å²) < 4.78 is 0. The number of hydrogen-bond acceptors (Lipinski definition) is 4. The van der Waals surface area contributed by atoms with E-state index in [4.69, 9.17) is 4.98 Å². The molecule has 0 saturated heterocycles. The van der Waals surface area contributed by atoms with Crippen molar-refractivity contribution >= 4 is 28.6 Å². The van der Waals surface area contributed by atoms with Crippen LogP contribution in [0, 0.1) is 0 Å². The molecule has 1 aliphatic rings. The van der Waals surface area contributed by atoms with Crippen LogP contribution in [-0.4, -0.2) is 24.0 Å². The highest BCUT2D eigenvalue weighted by atomic mass is 32.1. The Kier molecular flexibility index (Phi) is 4.63. The molecule has 4 nitrogen and oxygen atoms in total. The van der Waals surface area contributed by atoms with E-state index in [9.17, 15) is 4.79 Å². The lowest BCUT2D eigenvalue weighted by Gasteiger charge is -2.25. The molecule has 0 bridgehead atoms. The fraction of sp³-hybridized carbons (Fsp3) is 0.474. The number of para-hydroxylation sites is 2. The molecule has 1 aromatic carbocycles. The summed E-state index contributed by atoms with van der Waals surface area (Å²) in [6.45, 7) is 10.7. The lowest BCUT2D eigenvalue weighted by Crippen LogP contribution is -2.28. The number of carbonyl (C=O) groups excluding carboxylic acids is 1. The molecule has 1 aliphatic heterocycles. The molecule has 0 aliphatic carbocycles. The van der Waals surface area contributed by atoms with Crippen molar-refractivity contribution in [3.05, 3.63) is 40.3 Å². The van der Waals surface area contributed by atoms with E-state index in [1.807, 2.05) is 23.1 Å².